The predicted molar refractivity (Wildman–Crippen MR) is 119 cm³/mol. The van der Waals surface area contributed by atoms with Gasteiger partial charge in [0.2, 0.25) is 0 Å². The van der Waals surface area contributed by atoms with Crippen molar-refractivity contribution in [3.63, 3.8) is 0 Å². The van der Waals surface area contributed by atoms with Gasteiger partial charge in [-0.3, -0.25) is 9.59 Å². The van der Waals surface area contributed by atoms with Gasteiger partial charge in [-0.2, -0.15) is 0 Å². The molecule has 7 nitrogen and oxygen atoms in total. The zero-order chi connectivity index (χ0) is 22.2. The van der Waals surface area contributed by atoms with Crippen molar-refractivity contribution in [3.05, 3.63) is 83.0 Å². The van der Waals surface area contributed by atoms with Crippen LogP contribution in [0.4, 0.5) is 5.82 Å². The number of rotatable bonds is 9. The number of anilines is 1. The van der Waals surface area contributed by atoms with E-state index in [-0.39, 0.29) is 30.2 Å². The fraction of sp³-hybridized carbons (Fsp3) is 0.174. The Bertz CT molecular complexity index is 1040. The highest BCUT2D eigenvalue weighted by Gasteiger charge is 2.20. The molecule has 2 aromatic carbocycles. The van der Waals surface area contributed by atoms with E-state index in [0.717, 1.165) is 11.1 Å². The van der Waals surface area contributed by atoms with E-state index >= 15 is 0 Å². The van der Waals surface area contributed by atoms with Crippen molar-refractivity contribution in [2.45, 2.75) is 12.5 Å². The van der Waals surface area contributed by atoms with Crippen molar-refractivity contribution in [2.24, 2.45) is 0 Å². The number of carboxylic acids is 1. The Labute approximate surface area is 184 Å². The SMILES string of the molecule is O=C(O)CC(NC(=O)c1cnc(NCCO)c(Cl)c1)c1ccc(-c2ccccc2)cc1. The van der Waals surface area contributed by atoms with Crippen molar-refractivity contribution in [2.75, 3.05) is 18.5 Å². The van der Waals surface area contributed by atoms with E-state index in [0.29, 0.717) is 11.4 Å². The van der Waals surface area contributed by atoms with Gasteiger partial charge in [-0.1, -0.05) is 66.2 Å². The number of benzene rings is 2. The summed E-state index contributed by atoms with van der Waals surface area (Å²) in [5.41, 5.74) is 2.92. The Morgan fingerprint density at radius 2 is 1.71 bits per heavy atom. The van der Waals surface area contributed by atoms with E-state index in [1.807, 2.05) is 54.6 Å². The zero-order valence-electron chi connectivity index (χ0n) is 16.6. The Hall–Kier alpha value is -3.42. The second-order valence-electron chi connectivity index (χ2n) is 6.82. The van der Waals surface area contributed by atoms with Crippen LogP contribution >= 0.6 is 11.6 Å². The number of pyridine rings is 1. The number of nitrogens with one attached hydrogen (secondary N) is 2. The van der Waals surface area contributed by atoms with E-state index < -0.39 is 17.9 Å². The molecule has 0 spiro atoms. The summed E-state index contributed by atoms with van der Waals surface area (Å²) in [7, 11) is 0. The number of aliphatic hydroxyl groups excluding tert-OH is 1. The highest BCUT2D eigenvalue weighted by molar-refractivity contribution is 6.33. The fourth-order valence-corrected chi connectivity index (χ4v) is 3.31. The van der Waals surface area contributed by atoms with Crippen molar-refractivity contribution in [1.82, 2.24) is 10.3 Å². The lowest BCUT2D eigenvalue weighted by atomic mass is 9.99. The molecule has 0 radical (unpaired) electrons. The van der Waals surface area contributed by atoms with Crippen molar-refractivity contribution >= 4 is 29.3 Å². The van der Waals surface area contributed by atoms with Crippen LogP contribution in [0.15, 0.2) is 66.9 Å². The van der Waals surface area contributed by atoms with Crippen molar-refractivity contribution < 1.29 is 19.8 Å². The number of nitrogens with zero attached hydrogens (tertiary/aromatic N) is 1. The maximum Gasteiger partial charge on any atom is 0.305 e. The van der Waals surface area contributed by atoms with E-state index in [4.69, 9.17) is 16.7 Å². The first-order valence-electron chi connectivity index (χ1n) is 9.66. The summed E-state index contributed by atoms with van der Waals surface area (Å²) in [6, 6.07) is 17.9. The topological polar surface area (TPSA) is 112 Å². The minimum Gasteiger partial charge on any atom is -0.481 e. The molecular formula is C23H22ClN3O4. The van der Waals surface area contributed by atoms with Crippen LogP contribution in [-0.4, -0.2) is 40.2 Å². The Morgan fingerprint density at radius 1 is 1.03 bits per heavy atom. The zero-order valence-corrected chi connectivity index (χ0v) is 17.3. The van der Waals surface area contributed by atoms with E-state index in [1.165, 1.54) is 12.3 Å². The average Bonchev–Trinajstić information content (AvgIpc) is 2.78. The number of hydrogen-bond acceptors (Lipinski definition) is 5. The number of aromatic nitrogens is 1. The molecule has 0 aliphatic heterocycles. The van der Waals surface area contributed by atoms with Crippen molar-refractivity contribution in [1.29, 1.82) is 0 Å². The number of aliphatic hydroxyl groups is 1. The molecule has 1 aromatic heterocycles. The standard InChI is InChI=1S/C23H22ClN3O4/c24-19-12-18(14-26-22(19)25-10-11-28)23(31)27-20(13-21(29)30)17-8-6-16(7-9-17)15-4-2-1-3-5-15/h1-9,12,14,20,28H,10-11,13H2,(H,25,26)(H,27,31)(H,29,30). The molecule has 1 unspecified atom stereocenters. The molecular weight excluding hydrogens is 418 g/mol. The average molecular weight is 440 g/mol. The number of carbonyl (C=O) groups excluding carboxylic acids is 1. The van der Waals surface area contributed by atoms with Gasteiger partial charge in [0.15, 0.2) is 0 Å². The summed E-state index contributed by atoms with van der Waals surface area (Å²) in [6.07, 6.45) is 1.07. The van der Waals surface area contributed by atoms with Gasteiger partial charge in [0.05, 0.1) is 29.7 Å². The van der Waals surface area contributed by atoms with Gasteiger partial charge in [-0.15, -0.1) is 0 Å². The molecule has 0 aliphatic carbocycles. The number of halogens is 1. The summed E-state index contributed by atoms with van der Waals surface area (Å²) in [6.45, 7) is 0.193. The lowest BCUT2D eigenvalue weighted by Gasteiger charge is -2.18. The first kappa shape index (κ1) is 22.3. The second kappa shape index (κ2) is 10.6. The third kappa shape index (κ3) is 6.04. The first-order valence-corrected chi connectivity index (χ1v) is 10.0. The lowest BCUT2D eigenvalue weighted by Crippen LogP contribution is -2.30. The lowest BCUT2D eigenvalue weighted by molar-refractivity contribution is -0.137. The minimum absolute atomic E-state index is 0.0832. The second-order valence-corrected chi connectivity index (χ2v) is 7.22. The van der Waals surface area contributed by atoms with Crippen LogP contribution in [0.2, 0.25) is 5.02 Å². The third-order valence-electron chi connectivity index (χ3n) is 4.61. The smallest absolute Gasteiger partial charge is 0.305 e. The van der Waals surface area contributed by atoms with Crippen LogP contribution in [0.25, 0.3) is 11.1 Å². The summed E-state index contributed by atoms with van der Waals surface area (Å²) in [4.78, 5) is 28.2. The van der Waals surface area contributed by atoms with Crippen LogP contribution in [0.3, 0.4) is 0 Å². The Balaban J connectivity index is 1.77. The van der Waals surface area contributed by atoms with Gasteiger partial charge in [0, 0.05) is 12.7 Å². The molecule has 1 heterocycles. The largest absolute Gasteiger partial charge is 0.481 e. The van der Waals surface area contributed by atoms with Crippen LogP contribution in [0, 0.1) is 0 Å². The Morgan fingerprint density at radius 3 is 2.32 bits per heavy atom. The van der Waals surface area contributed by atoms with Crippen LogP contribution in [-0.2, 0) is 4.79 Å². The normalized spacial score (nSPS) is 11.5. The number of amides is 1. The number of carbonyl (C=O) groups is 2. The highest BCUT2D eigenvalue weighted by Crippen LogP contribution is 2.25. The number of aliphatic carboxylic acids is 1. The molecule has 0 saturated carbocycles. The van der Waals surface area contributed by atoms with Gasteiger partial charge in [0.1, 0.15) is 5.82 Å². The molecule has 160 valence electrons. The molecule has 0 fully saturated rings. The summed E-state index contributed by atoms with van der Waals surface area (Å²) in [5, 5.41) is 24.0. The number of hydrogen-bond donors (Lipinski definition) is 4. The van der Waals surface area contributed by atoms with Gasteiger partial charge in [-0.05, 0) is 22.8 Å². The van der Waals surface area contributed by atoms with Gasteiger partial charge in [0.25, 0.3) is 5.91 Å². The maximum atomic E-state index is 12.7. The quantitative estimate of drug-likeness (QED) is 0.404. The molecule has 3 rings (SSSR count). The monoisotopic (exact) mass is 439 g/mol. The molecule has 31 heavy (non-hydrogen) atoms. The molecule has 3 aromatic rings. The van der Waals surface area contributed by atoms with E-state index in [1.54, 1.807) is 0 Å². The highest BCUT2D eigenvalue weighted by atomic mass is 35.5. The molecule has 8 heteroatoms. The van der Waals surface area contributed by atoms with Crippen LogP contribution in [0.1, 0.15) is 28.4 Å². The summed E-state index contributed by atoms with van der Waals surface area (Å²) in [5.74, 6) is -1.16. The van der Waals surface area contributed by atoms with Gasteiger partial charge >= 0.3 is 5.97 Å². The minimum atomic E-state index is -1.03. The van der Waals surface area contributed by atoms with E-state index in [2.05, 4.69) is 15.6 Å². The predicted octanol–water partition coefficient (Wildman–Crippen LogP) is 3.75. The van der Waals surface area contributed by atoms with Gasteiger partial charge < -0.3 is 20.8 Å². The number of carboxylic acid groups (broad SMARTS) is 1. The molecule has 0 saturated heterocycles. The molecule has 1 atom stereocenters. The summed E-state index contributed by atoms with van der Waals surface area (Å²) >= 11 is 6.14. The first-order chi connectivity index (χ1) is 15.0. The summed E-state index contributed by atoms with van der Waals surface area (Å²) < 4.78 is 0. The molecule has 4 N–H and O–H groups in total. The maximum absolute atomic E-state index is 12.7. The molecule has 0 bridgehead atoms. The molecule has 0 aliphatic rings. The van der Waals surface area contributed by atoms with Gasteiger partial charge in [-0.25, -0.2) is 4.98 Å². The third-order valence-corrected chi connectivity index (χ3v) is 4.90. The van der Waals surface area contributed by atoms with Crippen LogP contribution < -0.4 is 10.6 Å². The van der Waals surface area contributed by atoms with Crippen LogP contribution in [0.5, 0.6) is 0 Å². The molecule has 1 amide bonds. The van der Waals surface area contributed by atoms with Crippen molar-refractivity contribution in [3.8, 4) is 11.1 Å². The fourth-order valence-electron chi connectivity index (χ4n) is 3.07. The Kier molecular flexibility index (Phi) is 7.59. The van der Waals surface area contributed by atoms with E-state index in [9.17, 15) is 14.7 Å².